The quantitative estimate of drug-likeness (QED) is 0.443. The van der Waals surface area contributed by atoms with E-state index in [0.717, 1.165) is 24.1 Å². The molecule has 2 atom stereocenters. The number of aryl methyl sites for hydroxylation is 1. The van der Waals surface area contributed by atoms with Crippen LogP contribution in [-0.2, 0) is 22.2 Å². The van der Waals surface area contributed by atoms with Gasteiger partial charge in [0.15, 0.2) is 0 Å². The van der Waals surface area contributed by atoms with Crippen molar-refractivity contribution in [2.24, 2.45) is 5.73 Å². The molecular formula is C23H26F3N3O2. The first-order valence-electron chi connectivity index (χ1n) is 9.86. The molecule has 0 spiro atoms. The van der Waals surface area contributed by atoms with Crippen molar-refractivity contribution in [3.05, 3.63) is 77.9 Å². The minimum absolute atomic E-state index is 0.144. The summed E-state index contributed by atoms with van der Waals surface area (Å²) in [4.78, 5) is 24.7. The van der Waals surface area contributed by atoms with E-state index in [2.05, 4.69) is 5.32 Å². The van der Waals surface area contributed by atoms with Crippen LogP contribution < -0.4 is 16.0 Å². The number of halogens is 3. The molecule has 2 rings (SSSR count). The Morgan fingerprint density at radius 3 is 2.32 bits per heavy atom. The standard InChI is InChI=1S/C23H26F3N3O2/c1-17(27)22(31)28-20(12-9-18-6-3-2-4-7-18)8-5-15-29(16-30)21-13-10-19(11-14-21)23(24,25)26/h2-8,10-11,13-14,16-17,20H,9,12,15,27H2,1H3,(H,28,31)/b8-5+/t17-,20+/m0/s1. The Balaban J connectivity index is 2.04. The SMILES string of the molecule is C[C@H](N)C(=O)N[C@H](/C=C/CN(C=O)c1ccc(C(F)(F)F)cc1)CCc1ccccc1. The summed E-state index contributed by atoms with van der Waals surface area (Å²) in [5.74, 6) is -0.294. The average Bonchev–Trinajstić information content (AvgIpc) is 2.75. The Morgan fingerprint density at radius 2 is 1.77 bits per heavy atom. The van der Waals surface area contributed by atoms with Crippen LogP contribution in [0.4, 0.5) is 18.9 Å². The van der Waals surface area contributed by atoms with E-state index in [0.29, 0.717) is 18.5 Å². The normalized spacial score (nSPS) is 13.6. The van der Waals surface area contributed by atoms with E-state index in [9.17, 15) is 22.8 Å². The molecule has 0 aliphatic rings. The number of hydrogen-bond donors (Lipinski definition) is 2. The second kappa shape index (κ2) is 11.3. The van der Waals surface area contributed by atoms with Crippen molar-refractivity contribution >= 4 is 18.0 Å². The summed E-state index contributed by atoms with van der Waals surface area (Å²) < 4.78 is 38.1. The fourth-order valence-electron chi connectivity index (χ4n) is 2.89. The first-order valence-corrected chi connectivity index (χ1v) is 9.86. The van der Waals surface area contributed by atoms with E-state index >= 15 is 0 Å². The van der Waals surface area contributed by atoms with E-state index in [4.69, 9.17) is 5.73 Å². The predicted octanol–water partition coefficient (Wildman–Crippen LogP) is 3.69. The van der Waals surface area contributed by atoms with Crippen molar-refractivity contribution in [1.29, 1.82) is 0 Å². The molecule has 0 radical (unpaired) electrons. The number of carbonyl (C=O) groups is 2. The van der Waals surface area contributed by atoms with Gasteiger partial charge in [0.1, 0.15) is 0 Å². The lowest BCUT2D eigenvalue weighted by atomic mass is 10.0. The molecule has 2 aromatic rings. The fraction of sp³-hybridized carbons (Fsp3) is 0.304. The van der Waals surface area contributed by atoms with Crippen molar-refractivity contribution in [3.63, 3.8) is 0 Å². The van der Waals surface area contributed by atoms with Gasteiger partial charge in [-0.25, -0.2) is 0 Å². The maximum absolute atomic E-state index is 12.7. The van der Waals surface area contributed by atoms with Gasteiger partial charge < -0.3 is 16.0 Å². The molecule has 3 N–H and O–H groups in total. The lowest BCUT2D eigenvalue weighted by molar-refractivity contribution is -0.137. The minimum atomic E-state index is -4.44. The number of nitrogens with zero attached hydrogens (tertiary/aromatic N) is 1. The molecular weight excluding hydrogens is 407 g/mol. The summed E-state index contributed by atoms with van der Waals surface area (Å²) in [7, 11) is 0. The lowest BCUT2D eigenvalue weighted by Crippen LogP contribution is -2.43. The zero-order chi connectivity index (χ0) is 22.9. The van der Waals surface area contributed by atoms with Gasteiger partial charge in [0.05, 0.1) is 11.6 Å². The summed E-state index contributed by atoms with van der Waals surface area (Å²) in [5, 5.41) is 2.86. The number of nitrogens with one attached hydrogen (secondary N) is 1. The van der Waals surface area contributed by atoms with Crippen LogP contribution in [0.5, 0.6) is 0 Å². The molecule has 8 heteroatoms. The van der Waals surface area contributed by atoms with Crippen LogP contribution in [0.1, 0.15) is 24.5 Å². The first-order chi connectivity index (χ1) is 14.7. The maximum atomic E-state index is 12.7. The van der Waals surface area contributed by atoms with E-state index in [1.165, 1.54) is 17.0 Å². The Hall–Kier alpha value is -3.13. The van der Waals surface area contributed by atoms with Gasteiger partial charge in [0, 0.05) is 18.3 Å². The topological polar surface area (TPSA) is 75.4 Å². The predicted molar refractivity (Wildman–Crippen MR) is 114 cm³/mol. The molecule has 0 saturated carbocycles. The summed E-state index contributed by atoms with van der Waals surface area (Å²) in [6.45, 7) is 1.73. The van der Waals surface area contributed by atoms with Crippen LogP contribution in [0.2, 0.25) is 0 Å². The van der Waals surface area contributed by atoms with E-state index in [1.54, 1.807) is 19.1 Å². The number of hydrogen-bond acceptors (Lipinski definition) is 3. The van der Waals surface area contributed by atoms with E-state index in [-0.39, 0.29) is 18.5 Å². The van der Waals surface area contributed by atoms with Gasteiger partial charge in [-0.05, 0) is 49.6 Å². The smallest absolute Gasteiger partial charge is 0.349 e. The van der Waals surface area contributed by atoms with Gasteiger partial charge >= 0.3 is 6.18 Å². The molecule has 0 heterocycles. The second-order valence-corrected chi connectivity index (χ2v) is 7.16. The monoisotopic (exact) mass is 433 g/mol. The number of alkyl halides is 3. The van der Waals surface area contributed by atoms with E-state index in [1.807, 2.05) is 30.3 Å². The molecule has 0 fully saturated rings. The maximum Gasteiger partial charge on any atom is 0.416 e. The lowest BCUT2D eigenvalue weighted by Gasteiger charge is -2.19. The first kappa shape index (κ1) is 24.1. The van der Waals surface area contributed by atoms with Crippen molar-refractivity contribution in [2.75, 3.05) is 11.4 Å². The Morgan fingerprint density at radius 1 is 1.13 bits per heavy atom. The molecule has 0 saturated heterocycles. The molecule has 2 amide bonds. The highest BCUT2D eigenvalue weighted by atomic mass is 19.4. The number of carbonyl (C=O) groups excluding carboxylic acids is 2. The number of amides is 2. The largest absolute Gasteiger partial charge is 0.416 e. The summed E-state index contributed by atoms with van der Waals surface area (Å²) in [6, 6.07) is 13.2. The van der Waals surface area contributed by atoms with Gasteiger partial charge in [-0.3, -0.25) is 9.59 Å². The zero-order valence-corrected chi connectivity index (χ0v) is 17.2. The van der Waals surface area contributed by atoms with Crippen LogP contribution >= 0.6 is 0 Å². The molecule has 166 valence electrons. The van der Waals surface area contributed by atoms with Gasteiger partial charge in [0.2, 0.25) is 12.3 Å². The third-order valence-corrected chi connectivity index (χ3v) is 4.65. The van der Waals surface area contributed by atoms with Crippen LogP contribution in [0.25, 0.3) is 0 Å². The van der Waals surface area contributed by atoms with Crippen LogP contribution in [0.3, 0.4) is 0 Å². The summed E-state index contributed by atoms with van der Waals surface area (Å²) in [6.07, 6.45) is 0.930. The zero-order valence-electron chi connectivity index (χ0n) is 17.2. The third kappa shape index (κ3) is 7.90. The minimum Gasteiger partial charge on any atom is -0.349 e. The van der Waals surface area contributed by atoms with Crippen molar-refractivity contribution in [3.8, 4) is 0 Å². The van der Waals surface area contributed by atoms with Crippen LogP contribution in [0.15, 0.2) is 66.7 Å². The number of benzene rings is 2. The molecule has 31 heavy (non-hydrogen) atoms. The van der Waals surface area contributed by atoms with Crippen molar-refractivity contribution < 1.29 is 22.8 Å². The summed E-state index contributed by atoms with van der Waals surface area (Å²) >= 11 is 0. The van der Waals surface area contributed by atoms with Gasteiger partial charge in [-0.2, -0.15) is 13.2 Å². The number of rotatable bonds is 10. The number of nitrogens with two attached hydrogens (primary N) is 1. The van der Waals surface area contributed by atoms with Crippen LogP contribution in [0, 0.1) is 0 Å². The highest BCUT2D eigenvalue weighted by molar-refractivity contribution is 5.81. The highest BCUT2D eigenvalue weighted by Crippen LogP contribution is 2.30. The average molecular weight is 433 g/mol. The van der Waals surface area contributed by atoms with Crippen molar-refractivity contribution in [1.82, 2.24) is 5.32 Å². The fourth-order valence-corrected chi connectivity index (χ4v) is 2.89. The second-order valence-electron chi connectivity index (χ2n) is 7.16. The molecule has 0 bridgehead atoms. The van der Waals surface area contributed by atoms with Gasteiger partial charge in [0.25, 0.3) is 0 Å². The Bertz CT molecular complexity index is 866. The third-order valence-electron chi connectivity index (χ3n) is 4.65. The molecule has 5 nitrogen and oxygen atoms in total. The van der Waals surface area contributed by atoms with Crippen LogP contribution in [-0.4, -0.2) is 30.9 Å². The highest BCUT2D eigenvalue weighted by Gasteiger charge is 2.30. The Kier molecular flexibility index (Phi) is 8.81. The summed E-state index contributed by atoms with van der Waals surface area (Å²) in [5.41, 5.74) is 6.32. The number of anilines is 1. The molecule has 0 aromatic heterocycles. The van der Waals surface area contributed by atoms with E-state index < -0.39 is 17.8 Å². The Labute approximate surface area is 179 Å². The van der Waals surface area contributed by atoms with Crippen molar-refractivity contribution in [2.45, 2.75) is 38.0 Å². The van der Waals surface area contributed by atoms with Gasteiger partial charge in [-0.1, -0.05) is 42.5 Å². The molecule has 0 unspecified atom stereocenters. The van der Waals surface area contributed by atoms with Gasteiger partial charge in [-0.15, -0.1) is 0 Å². The molecule has 0 aliphatic carbocycles. The molecule has 2 aromatic carbocycles. The molecule has 0 aliphatic heterocycles.